The van der Waals surface area contributed by atoms with Crippen LogP contribution in [0, 0.1) is 131 Å². The lowest BCUT2D eigenvalue weighted by Gasteiger charge is -2.09. The standard InChI is InChI=1S/C33H14N2O6/c1-3-5-6-7-8-9-10-11-12-13-14-15-16-17-18-19-20-21-22-23-24-40-31-26-29(25-30(36)27-31)28-41-33(38)35-34-32(37)39-4-2/h1,25-27,36H,4,28H2,2H3,(H,34,37)(H,35,38). The van der Waals surface area contributed by atoms with E-state index in [9.17, 15) is 14.7 Å². The molecule has 0 spiro atoms. The normalized spacial score (nSPS) is 6.63. The summed E-state index contributed by atoms with van der Waals surface area (Å²) >= 11 is 0. The van der Waals surface area contributed by atoms with Crippen LogP contribution in [0.3, 0.4) is 0 Å². The second-order valence-corrected chi connectivity index (χ2v) is 6.11. The number of rotatable bonds is 4. The van der Waals surface area contributed by atoms with Crippen molar-refractivity contribution < 1.29 is 28.9 Å². The zero-order chi connectivity index (χ0) is 29.8. The number of phenols is 1. The van der Waals surface area contributed by atoms with E-state index in [-0.39, 0.29) is 24.7 Å². The third-order valence-corrected chi connectivity index (χ3v) is 3.28. The molecule has 0 saturated carbocycles. The summed E-state index contributed by atoms with van der Waals surface area (Å²) in [6, 6.07) is 4.13. The lowest BCUT2D eigenvalue weighted by molar-refractivity contribution is 0.122. The number of ether oxygens (including phenoxy) is 3. The highest BCUT2D eigenvalue weighted by molar-refractivity contribution is 5.73. The van der Waals surface area contributed by atoms with Crippen LogP contribution in [0.15, 0.2) is 18.2 Å². The van der Waals surface area contributed by atoms with Gasteiger partial charge in [-0.2, -0.15) is 0 Å². The topological polar surface area (TPSA) is 106 Å². The van der Waals surface area contributed by atoms with Gasteiger partial charge in [-0.1, -0.05) is 0 Å². The number of phenolic OH excluding ortho intramolecular Hbond substituents is 1. The van der Waals surface area contributed by atoms with E-state index in [4.69, 9.17) is 15.9 Å². The summed E-state index contributed by atoms with van der Waals surface area (Å²) in [6.45, 7) is 1.52. The van der Waals surface area contributed by atoms with Gasteiger partial charge in [0.05, 0.1) is 6.61 Å². The number of carbonyl (C=O) groups excluding carboxylic acids is 2. The third-order valence-electron chi connectivity index (χ3n) is 3.28. The molecular weight excluding hydrogens is 520 g/mol. The molecule has 41 heavy (non-hydrogen) atoms. The minimum Gasteiger partial charge on any atom is -0.508 e. The Hall–Kier alpha value is -7.48. The monoisotopic (exact) mass is 534 g/mol. The van der Waals surface area contributed by atoms with Crippen molar-refractivity contribution >= 4 is 12.2 Å². The van der Waals surface area contributed by atoms with Crippen LogP contribution in [-0.2, 0) is 16.1 Å². The largest absolute Gasteiger partial charge is 0.508 e. The molecule has 0 unspecified atom stereocenters. The number of hydrogen-bond acceptors (Lipinski definition) is 6. The van der Waals surface area contributed by atoms with E-state index in [2.05, 4.69) is 129 Å². The maximum Gasteiger partial charge on any atom is 0.426 e. The third kappa shape index (κ3) is 18.4. The Morgan fingerprint density at radius 3 is 1.59 bits per heavy atom. The fourth-order valence-electron chi connectivity index (χ4n) is 1.92. The van der Waals surface area contributed by atoms with Gasteiger partial charge in [0, 0.05) is 77.1 Å². The Balaban J connectivity index is 2.51. The average molecular weight is 534 g/mol. The fourth-order valence-corrected chi connectivity index (χ4v) is 1.92. The summed E-state index contributed by atoms with van der Waals surface area (Å²) in [4.78, 5) is 22.7. The molecule has 8 heteroatoms. The molecule has 0 fully saturated rings. The van der Waals surface area contributed by atoms with Crippen molar-refractivity contribution in [2.45, 2.75) is 13.5 Å². The summed E-state index contributed by atoms with van der Waals surface area (Å²) in [5.41, 5.74) is 4.37. The summed E-state index contributed by atoms with van der Waals surface area (Å²) in [7, 11) is 0. The molecule has 0 aliphatic heterocycles. The van der Waals surface area contributed by atoms with E-state index < -0.39 is 12.2 Å². The number of amides is 2. The van der Waals surface area contributed by atoms with Crippen LogP contribution in [-0.4, -0.2) is 23.9 Å². The van der Waals surface area contributed by atoms with Gasteiger partial charge in [-0.15, -0.1) is 6.42 Å². The number of carbonyl (C=O) groups is 2. The molecule has 0 aromatic heterocycles. The second-order valence-electron chi connectivity index (χ2n) is 6.11. The number of terminal acetylenes is 1. The summed E-state index contributed by atoms with van der Waals surface area (Å²) in [5.74, 6) is 48.7. The molecule has 0 atom stereocenters. The molecule has 0 heterocycles. The molecular formula is C33H14N2O6. The van der Waals surface area contributed by atoms with Gasteiger partial charge in [0.25, 0.3) is 0 Å². The van der Waals surface area contributed by atoms with Gasteiger partial charge in [0.15, 0.2) is 0 Å². The van der Waals surface area contributed by atoms with Crippen molar-refractivity contribution in [2.24, 2.45) is 0 Å². The van der Waals surface area contributed by atoms with Crippen LogP contribution < -0.4 is 15.6 Å². The Labute approximate surface area is 238 Å². The molecule has 3 N–H and O–H groups in total. The molecule has 0 aliphatic rings. The van der Waals surface area contributed by atoms with Gasteiger partial charge in [-0.25, -0.2) is 20.4 Å². The molecule has 1 aromatic rings. The highest BCUT2D eigenvalue weighted by atomic mass is 16.6. The quantitative estimate of drug-likeness (QED) is 0.397. The lowest BCUT2D eigenvalue weighted by Crippen LogP contribution is -2.42. The van der Waals surface area contributed by atoms with E-state index in [1.165, 1.54) is 18.2 Å². The first-order chi connectivity index (χ1) is 20.0. The van der Waals surface area contributed by atoms with Crippen LogP contribution in [0.4, 0.5) is 9.59 Å². The average Bonchev–Trinajstić information content (AvgIpc) is 2.95. The van der Waals surface area contributed by atoms with Crippen molar-refractivity contribution in [2.75, 3.05) is 6.61 Å². The molecule has 0 radical (unpaired) electrons. The Kier molecular flexibility index (Phi) is 16.8. The van der Waals surface area contributed by atoms with Gasteiger partial charge in [-0.05, 0) is 72.0 Å². The molecule has 0 aliphatic carbocycles. The van der Waals surface area contributed by atoms with Gasteiger partial charge in [-0.3, -0.25) is 0 Å². The number of benzene rings is 1. The summed E-state index contributed by atoms with van der Waals surface area (Å²) in [5, 5.41) is 9.81. The van der Waals surface area contributed by atoms with E-state index in [0.29, 0.717) is 5.56 Å². The Morgan fingerprint density at radius 1 is 0.683 bits per heavy atom. The highest BCUT2D eigenvalue weighted by Gasteiger charge is 2.07. The van der Waals surface area contributed by atoms with Gasteiger partial charge in [0.1, 0.15) is 24.2 Å². The first-order valence-corrected chi connectivity index (χ1v) is 10.9. The van der Waals surface area contributed by atoms with Crippen molar-refractivity contribution in [3.05, 3.63) is 23.8 Å². The number of nitrogens with one attached hydrogen (secondary N) is 2. The molecule has 192 valence electrons. The van der Waals surface area contributed by atoms with Gasteiger partial charge < -0.3 is 19.3 Å². The SMILES string of the molecule is C#CC#CC#CC#CC#CC#CC#CC#CC#CC#CC#COc1cc(O)cc(COC(=O)NNC(=O)OCC)c1. The minimum absolute atomic E-state index is 0.137. The highest BCUT2D eigenvalue weighted by Crippen LogP contribution is 2.22. The van der Waals surface area contributed by atoms with Crippen LogP contribution in [0.5, 0.6) is 11.5 Å². The molecule has 0 bridgehead atoms. The maximum absolute atomic E-state index is 11.6. The maximum atomic E-state index is 11.6. The molecule has 1 rings (SSSR count). The van der Waals surface area contributed by atoms with E-state index in [1.54, 1.807) is 6.92 Å². The second kappa shape index (κ2) is 21.8. The predicted molar refractivity (Wildman–Crippen MR) is 149 cm³/mol. The van der Waals surface area contributed by atoms with Crippen molar-refractivity contribution in [3.8, 4) is 142 Å². The zero-order valence-corrected chi connectivity index (χ0v) is 21.2. The number of hydrazine groups is 1. The number of aromatic hydroxyl groups is 1. The first kappa shape index (κ1) is 31.5. The van der Waals surface area contributed by atoms with Crippen LogP contribution in [0.2, 0.25) is 0 Å². The van der Waals surface area contributed by atoms with E-state index >= 15 is 0 Å². The van der Waals surface area contributed by atoms with Crippen LogP contribution >= 0.6 is 0 Å². The fraction of sp³-hybridized carbons (Fsp3) is 0.0909. The van der Waals surface area contributed by atoms with E-state index in [1.807, 2.05) is 10.9 Å². The first-order valence-electron chi connectivity index (χ1n) is 10.9. The zero-order valence-electron chi connectivity index (χ0n) is 21.2. The predicted octanol–water partition coefficient (Wildman–Crippen LogP) is 1.28. The minimum atomic E-state index is -0.940. The molecule has 8 nitrogen and oxygen atoms in total. The molecule has 2 amide bonds. The van der Waals surface area contributed by atoms with Crippen molar-refractivity contribution in [1.82, 2.24) is 10.9 Å². The Bertz CT molecular complexity index is 1850. The number of hydrogen-bond donors (Lipinski definition) is 3. The Morgan fingerprint density at radius 2 is 1.12 bits per heavy atom. The van der Waals surface area contributed by atoms with Crippen molar-refractivity contribution in [3.63, 3.8) is 0 Å². The van der Waals surface area contributed by atoms with Gasteiger partial charge in [0.2, 0.25) is 0 Å². The smallest absolute Gasteiger partial charge is 0.426 e. The summed E-state index contributed by atoms with van der Waals surface area (Å²) in [6.07, 6.45) is 5.48. The van der Waals surface area contributed by atoms with Gasteiger partial charge >= 0.3 is 12.2 Å². The van der Waals surface area contributed by atoms with Crippen LogP contribution in [0.1, 0.15) is 12.5 Å². The summed E-state index contributed by atoms with van der Waals surface area (Å²) < 4.78 is 14.7. The molecule has 0 saturated heterocycles. The van der Waals surface area contributed by atoms with Crippen molar-refractivity contribution in [1.29, 1.82) is 0 Å². The van der Waals surface area contributed by atoms with E-state index in [0.717, 1.165) is 0 Å². The van der Waals surface area contributed by atoms with Crippen LogP contribution in [0.25, 0.3) is 0 Å². The lowest BCUT2D eigenvalue weighted by atomic mass is 10.2. The molecule has 1 aromatic carbocycles.